The molecule has 0 atom stereocenters. The van der Waals surface area contributed by atoms with E-state index < -0.39 is 0 Å². The number of hydrogen-bond donors (Lipinski definition) is 0. The highest BCUT2D eigenvalue weighted by molar-refractivity contribution is 5.86. The van der Waals surface area contributed by atoms with Crippen LogP contribution in [0.15, 0.2) is 10.2 Å². The zero-order valence-electron chi connectivity index (χ0n) is 7.26. The van der Waals surface area contributed by atoms with E-state index in [-0.39, 0.29) is 0 Å². The van der Waals surface area contributed by atoms with E-state index in [4.69, 9.17) is 0 Å². The standard InChI is InChI=1S/C8H16N2/c1-5-8(7(3)4)10-9-6-2/h6-7H,5H2,1-4H3. The molecule has 0 fully saturated rings. The SMILES string of the molecule is CC=NN=C(CC)C(C)C. The molecule has 0 aromatic heterocycles. The van der Waals surface area contributed by atoms with Gasteiger partial charge in [0, 0.05) is 11.9 Å². The lowest BCUT2D eigenvalue weighted by Gasteiger charge is -2.03. The van der Waals surface area contributed by atoms with Crippen LogP contribution in [0.2, 0.25) is 0 Å². The fourth-order valence-corrected chi connectivity index (χ4v) is 0.726. The Morgan fingerprint density at radius 2 is 2.10 bits per heavy atom. The van der Waals surface area contributed by atoms with Gasteiger partial charge in [-0.05, 0) is 19.3 Å². The van der Waals surface area contributed by atoms with Crippen molar-refractivity contribution in [2.24, 2.45) is 16.1 Å². The Kier molecular flexibility index (Phi) is 4.81. The third-order valence-corrected chi connectivity index (χ3v) is 1.33. The summed E-state index contributed by atoms with van der Waals surface area (Å²) in [5.74, 6) is 0.522. The van der Waals surface area contributed by atoms with E-state index in [0.29, 0.717) is 5.92 Å². The Morgan fingerprint density at radius 3 is 2.40 bits per heavy atom. The van der Waals surface area contributed by atoms with Crippen LogP contribution in [-0.2, 0) is 0 Å². The van der Waals surface area contributed by atoms with Crippen LogP contribution >= 0.6 is 0 Å². The first kappa shape index (κ1) is 9.34. The molecule has 0 rings (SSSR count). The van der Waals surface area contributed by atoms with Crippen LogP contribution in [0, 0.1) is 5.92 Å². The molecule has 0 saturated carbocycles. The highest BCUT2D eigenvalue weighted by Crippen LogP contribution is 2.00. The number of hydrogen-bond acceptors (Lipinski definition) is 2. The average molecular weight is 140 g/mol. The first-order valence-electron chi connectivity index (χ1n) is 3.76. The summed E-state index contributed by atoms with van der Waals surface area (Å²) in [6, 6.07) is 0. The summed E-state index contributed by atoms with van der Waals surface area (Å²) >= 11 is 0. The smallest absolute Gasteiger partial charge is 0.0428 e. The van der Waals surface area contributed by atoms with Crippen LogP contribution in [0.4, 0.5) is 0 Å². The second-order valence-electron chi connectivity index (χ2n) is 2.47. The van der Waals surface area contributed by atoms with Crippen molar-refractivity contribution in [1.82, 2.24) is 0 Å². The maximum Gasteiger partial charge on any atom is 0.0428 e. The normalized spacial score (nSPS) is 13.5. The summed E-state index contributed by atoms with van der Waals surface area (Å²) < 4.78 is 0. The number of rotatable bonds is 3. The predicted molar refractivity (Wildman–Crippen MR) is 46.7 cm³/mol. The zero-order chi connectivity index (χ0) is 7.98. The molecule has 0 heterocycles. The molecule has 0 aromatic carbocycles. The summed E-state index contributed by atoms with van der Waals surface area (Å²) in [6.07, 6.45) is 2.70. The van der Waals surface area contributed by atoms with Crippen LogP contribution in [-0.4, -0.2) is 11.9 Å². The first-order valence-corrected chi connectivity index (χ1v) is 3.76. The van der Waals surface area contributed by atoms with Crippen molar-refractivity contribution < 1.29 is 0 Å². The summed E-state index contributed by atoms with van der Waals surface area (Å²) in [6.45, 7) is 8.24. The Morgan fingerprint density at radius 1 is 1.50 bits per heavy atom. The quantitative estimate of drug-likeness (QED) is 0.425. The van der Waals surface area contributed by atoms with Gasteiger partial charge in [0.15, 0.2) is 0 Å². The van der Waals surface area contributed by atoms with E-state index in [1.54, 1.807) is 6.21 Å². The van der Waals surface area contributed by atoms with Gasteiger partial charge in [-0.3, -0.25) is 0 Å². The Labute approximate surface area is 63.1 Å². The van der Waals surface area contributed by atoms with Crippen molar-refractivity contribution in [1.29, 1.82) is 0 Å². The monoisotopic (exact) mass is 140 g/mol. The van der Waals surface area contributed by atoms with Gasteiger partial charge in [-0.2, -0.15) is 10.2 Å². The van der Waals surface area contributed by atoms with Crippen molar-refractivity contribution >= 4 is 11.9 Å². The van der Waals surface area contributed by atoms with Crippen LogP contribution < -0.4 is 0 Å². The molecule has 58 valence electrons. The lowest BCUT2D eigenvalue weighted by molar-refractivity contribution is 0.848. The summed E-state index contributed by atoms with van der Waals surface area (Å²) in [5, 5.41) is 7.87. The lowest BCUT2D eigenvalue weighted by atomic mass is 10.1. The molecular formula is C8H16N2. The highest BCUT2D eigenvalue weighted by Gasteiger charge is 2.00. The van der Waals surface area contributed by atoms with E-state index in [9.17, 15) is 0 Å². The van der Waals surface area contributed by atoms with Gasteiger partial charge in [0.1, 0.15) is 0 Å². The van der Waals surface area contributed by atoms with Gasteiger partial charge < -0.3 is 0 Å². The molecule has 0 aliphatic heterocycles. The molecular weight excluding hydrogens is 124 g/mol. The Hall–Kier alpha value is -0.660. The zero-order valence-corrected chi connectivity index (χ0v) is 7.26. The third kappa shape index (κ3) is 3.38. The molecule has 0 spiro atoms. The molecule has 0 N–H and O–H groups in total. The van der Waals surface area contributed by atoms with E-state index in [1.165, 1.54) is 0 Å². The minimum Gasteiger partial charge on any atom is -0.164 e. The Balaban J connectivity index is 4.04. The summed E-state index contributed by atoms with van der Waals surface area (Å²) in [5.41, 5.74) is 1.16. The second kappa shape index (κ2) is 5.15. The molecule has 0 bridgehead atoms. The molecule has 10 heavy (non-hydrogen) atoms. The fourth-order valence-electron chi connectivity index (χ4n) is 0.726. The van der Waals surface area contributed by atoms with Crippen molar-refractivity contribution in [2.45, 2.75) is 34.1 Å². The summed E-state index contributed by atoms with van der Waals surface area (Å²) in [4.78, 5) is 0. The maximum atomic E-state index is 4.05. The van der Waals surface area contributed by atoms with Crippen molar-refractivity contribution in [3.8, 4) is 0 Å². The highest BCUT2D eigenvalue weighted by atomic mass is 15.2. The van der Waals surface area contributed by atoms with Gasteiger partial charge in [-0.15, -0.1) is 0 Å². The van der Waals surface area contributed by atoms with Crippen LogP contribution in [0.5, 0.6) is 0 Å². The van der Waals surface area contributed by atoms with Gasteiger partial charge in [0.25, 0.3) is 0 Å². The van der Waals surface area contributed by atoms with E-state index in [0.717, 1.165) is 12.1 Å². The number of nitrogens with zero attached hydrogens (tertiary/aromatic N) is 2. The van der Waals surface area contributed by atoms with Crippen molar-refractivity contribution in [2.75, 3.05) is 0 Å². The van der Waals surface area contributed by atoms with Gasteiger partial charge in [0.05, 0.1) is 0 Å². The maximum absolute atomic E-state index is 4.05. The molecule has 0 aromatic rings. The van der Waals surface area contributed by atoms with Gasteiger partial charge in [0.2, 0.25) is 0 Å². The molecule has 0 unspecified atom stereocenters. The van der Waals surface area contributed by atoms with Crippen molar-refractivity contribution in [3.05, 3.63) is 0 Å². The van der Waals surface area contributed by atoms with Crippen molar-refractivity contribution in [3.63, 3.8) is 0 Å². The third-order valence-electron chi connectivity index (χ3n) is 1.33. The summed E-state index contributed by atoms with van der Waals surface area (Å²) in [7, 11) is 0. The molecule has 0 aliphatic rings. The average Bonchev–Trinajstić information content (AvgIpc) is 1.89. The minimum atomic E-state index is 0.522. The van der Waals surface area contributed by atoms with Crippen LogP contribution in [0.1, 0.15) is 34.1 Å². The van der Waals surface area contributed by atoms with E-state index in [2.05, 4.69) is 31.0 Å². The topological polar surface area (TPSA) is 24.7 Å². The van der Waals surface area contributed by atoms with Crippen LogP contribution in [0.25, 0.3) is 0 Å². The first-order chi connectivity index (χ1) is 4.72. The van der Waals surface area contributed by atoms with Gasteiger partial charge in [-0.25, -0.2) is 0 Å². The molecule has 0 radical (unpaired) electrons. The second-order valence-corrected chi connectivity index (χ2v) is 2.47. The van der Waals surface area contributed by atoms with E-state index in [1.807, 2.05) is 6.92 Å². The van der Waals surface area contributed by atoms with Gasteiger partial charge in [-0.1, -0.05) is 20.8 Å². The Bertz CT molecular complexity index is 134. The lowest BCUT2D eigenvalue weighted by Crippen LogP contribution is -2.04. The molecule has 0 saturated heterocycles. The predicted octanol–water partition coefficient (Wildman–Crippen LogP) is 2.50. The molecule has 0 aliphatic carbocycles. The van der Waals surface area contributed by atoms with E-state index >= 15 is 0 Å². The fraction of sp³-hybridized carbons (Fsp3) is 0.750. The molecule has 0 amide bonds. The molecule has 2 nitrogen and oxygen atoms in total. The van der Waals surface area contributed by atoms with Crippen LogP contribution in [0.3, 0.4) is 0 Å². The minimum absolute atomic E-state index is 0.522. The van der Waals surface area contributed by atoms with Gasteiger partial charge >= 0.3 is 0 Å². The molecule has 2 heteroatoms. The largest absolute Gasteiger partial charge is 0.164 e.